The van der Waals surface area contributed by atoms with Gasteiger partial charge in [-0.15, -0.1) is 0 Å². The van der Waals surface area contributed by atoms with E-state index in [1.807, 2.05) is 18.2 Å². The molecule has 0 fully saturated rings. The average molecular weight is 257 g/mol. The maximum atomic E-state index is 5.70. The third-order valence-corrected chi connectivity index (χ3v) is 2.80. The van der Waals surface area contributed by atoms with E-state index < -0.39 is 0 Å². The van der Waals surface area contributed by atoms with Crippen molar-refractivity contribution in [3.8, 4) is 5.75 Å². The Morgan fingerprint density at radius 3 is 2.68 bits per heavy atom. The molecule has 1 heterocycles. The molecule has 0 unspecified atom stereocenters. The molecule has 0 bridgehead atoms. The van der Waals surface area contributed by atoms with E-state index in [9.17, 15) is 0 Å². The van der Waals surface area contributed by atoms with Crippen molar-refractivity contribution in [1.29, 1.82) is 0 Å². The Morgan fingerprint density at radius 1 is 1.21 bits per heavy atom. The molecule has 0 radical (unpaired) electrons. The first-order valence-corrected chi connectivity index (χ1v) is 6.26. The number of hydrogen-bond acceptors (Lipinski definition) is 4. The van der Waals surface area contributed by atoms with Gasteiger partial charge in [0.2, 0.25) is 0 Å². The van der Waals surface area contributed by atoms with Gasteiger partial charge in [0, 0.05) is 6.20 Å². The highest BCUT2D eigenvalue weighted by molar-refractivity contribution is 5.32. The third-order valence-electron chi connectivity index (χ3n) is 2.80. The summed E-state index contributed by atoms with van der Waals surface area (Å²) in [5.74, 6) is 1.86. The molecule has 0 aliphatic heterocycles. The van der Waals surface area contributed by atoms with E-state index in [1.54, 1.807) is 12.3 Å². The Bertz CT molecular complexity index is 561. The molecule has 0 saturated heterocycles. The van der Waals surface area contributed by atoms with Gasteiger partial charge in [-0.3, -0.25) is 0 Å². The normalized spacial score (nSPS) is 11.3. The quantitative estimate of drug-likeness (QED) is 0.918. The molecule has 0 saturated carbocycles. The van der Waals surface area contributed by atoms with E-state index in [4.69, 9.17) is 10.5 Å². The van der Waals surface area contributed by atoms with Gasteiger partial charge in [-0.05, 0) is 29.2 Å². The summed E-state index contributed by atoms with van der Waals surface area (Å²) in [5, 5.41) is 0. The number of nitrogens with two attached hydrogens (primary N) is 1. The summed E-state index contributed by atoms with van der Waals surface area (Å²) in [5.41, 5.74) is 6.94. The summed E-state index contributed by atoms with van der Waals surface area (Å²) in [6, 6.07) is 9.73. The Hall–Kier alpha value is -2.10. The average Bonchev–Trinajstić information content (AvgIpc) is 2.36. The van der Waals surface area contributed by atoms with Gasteiger partial charge in [-0.1, -0.05) is 32.9 Å². The van der Waals surface area contributed by atoms with Crippen LogP contribution in [0.2, 0.25) is 0 Å². The van der Waals surface area contributed by atoms with Crippen LogP contribution in [0.4, 0.5) is 5.82 Å². The van der Waals surface area contributed by atoms with Crippen molar-refractivity contribution >= 4 is 5.82 Å². The van der Waals surface area contributed by atoms with Crippen molar-refractivity contribution in [2.24, 2.45) is 0 Å². The van der Waals surface area contributed by atoms with Crippen molar-refractivity contribution in [2.75, 3.05) is 5.73 Å². The Balaban J connectivity index is 2.08. The minimum Gasteiger partial charge on any atom is -0.486 e. The van der Waals surface area contributed by atoms with Crippen molar-refractivity contribution in [3.05, 3.63) is 47.9 Å². The van der Waals surface area contributed by atoms with Gasteiger partial charge in [0.05, 0.1) is 0 Å². The highest BCUT2D eigenvalue weighted by Gasteiger charge is 2.13. The van der Waals surface area contributed by atoms with E-state index in [-0.39, 0.29) is 5.41 Å². The zero-order valence-electron chi connectivity index (χ0n) is 11.6. The van der Waals surface area contributed by atoms with Crippen LogP contribution in [0.25, 0.3) is 0 Å². The highest BCUT2D eigenvalue weighted by Crippen LogP contribution is 2.25. The first-order chi connectivity index (χ1) is 8.95. The van der Waals surface area contributed by atoms with Crippen LogP contribution >= 0.6 is 0 Å². The van der Waals surface area contributed by atoms with Gasteiger partial charge >= 0.3 is 0 Å². The van der Waals surface area contributed by atoms with Gasteiger partial charge in [0.25, 0.3) is 0 Å². The minimum absolute atomic E-state index is 0.104. The number of ether oxygens (including phenoxy) is 1. The number of aromatic nitrogens is 2. The van der Waals surface area contributed by atoms with Crippen molar-refractivity contribution in [1.82, 2.24) is 9.97 Å². The number of hydrogen-bond donors (Lipinski definition) is 1. The van der Waals surface area contributed by atoms with Crippen LogP contribution in [0.1, 0.15) is 32.2 Å². The van der Waals surface area contributed by atoms with Crippen molar-refractivity contribution in [3.63, 3.8) is 0 Å². The molecule has 0 aliphatic rings. The molecule has 2 aromatic rings. The fraction of sp³-hybridized carbons (Fsp3) is 0.333. The first-order valence-electron chi connectivity index (χ1n) is 6.26. The lowest BCUT2D eigenvalue weighted by Gasteiger charge is -2.19. The molecule has 100 valence electrons. The van der Waals surface area contributed by atoms with Crippen LogP contribution < -0.4 is 10.5 Å². The summed E-state index contributed by atoms with van der Waals surface area (Å²) in [7, 11) is 0. The summed E-state index contributed by atoms with van der Waals surface area (Å²) >= 11 is 0. The van der Waals surface area contributed by atoms with Crippen molar-refractivity contribution in [2.45, 2.75) is 32.8 Å². The third kappa shape index (κ3) is 3.68. The number of rotatable bonds is 3. The summed E-state index contributed by atoms with van der Waals surface area (Å²) in [6.07, 6.45) is 1.63. The molecular formula is C15H19N3O. The topological polar surface area (TPSA) is 61.0 Å². The molecule has 2 rings (SSSR count). The number of nitrogens with zero attached hydrogens (tertiary/aromatic N) is 2. The van der Waals surface area contributed by atoms with Crippen LogP contribution in [0.3, 0.4) is 0 Å². The smallest absolute Gasteiger partial charge is 0.168 e. The molecule has 0 aliphatic carbocycles. The van der Waals surface area contributed by atoms with E-state index >= 15 is 0 Å². The standard InChI is InChI=1S/C15H19N3O/c1-15(2,3)11-5-4-6-12(9-11)19-10-14-17-8-7-13(16)18-14/h4-9H,10H2,1-3H3,(H2,16,17,18). The van der Waals surface area contributed by atoms with Gasteiger partial charge in [0.15, 0.2) is 5.82 Å². The second-order valence-electron chi connectivity index (χ2n) is 5.46. The molecule has 1 aromatic carbocycles. The predicted octanol–water partition coefficient (Wildman–Crippen LogP) is 2.94. The van der Waals surface area contributed by atoms with Crippen LogP contribution in [0.15, 0.2) is 36.5 Å². The van der Waals surface area contributed by atoms with E-state index in [1.165, 1.54) is 5.56 Å². The Morgan fingerprint density at radius 2 is 2.00 bits per heavy atom. The number of anilines is 1. The molecule has 19 heavy (non-hydrogen) atoms. The second-order valence-corrected chi connectivity index (χ2v) is 5.46. The summed E-state index contributed by atoms with van der Waals surface area (Å²) in [4.78, 5) is 8.21. The number of nitrogen functional groups attached to an aromatic ring is 1. The monoisotopic (exact) mass is 257 g/mol. The van der Waals surface area contributed by atoms with E-state index in [0.29, 0.717) is 18.2 Å². The molecule has 0 atom stereocenters. The highest BCUT2D eigenvalue weighted by atomic mass is 16.5. The minimum atomic E-state index is 0.104. The van der Waals surface area contributed by atoms with Gasteiger partial charge < -0.3 is 10.5 Å². The first kappa shape index (κ1) is 13.3. The molecular weight excluding hydrogens is 238 g/mol. The maximum Gasteiger partial charge on any atom is 0.168 e. The van der Waals surface area contributed by atoms with Crippen molar-refractivity contribution < 1.29 is 4.74 Å². The molecule has 4 nitrogen and oxygen atoms in total. The summed E-state index contributed by atoms with van der Waals surface area (Å²) < 4.78 is 5.70. The lowest BCUT2D eigenvalue weighted by atomic mass is 9.87. The molecule has 4 heteroatoms. The number of benzene rings is 1. The molecule has 0 amide bonds. The van der Waals surface area contributed by atoms with Crippen LogP contribution in [0.5, 0.6) is 5.75 Å². The Kier molecular flexibility index (Phi) is 3.69. The van der Waals surface area contributed by atoms with Gasteiger partial charge in [0.1, 0.15) is 18.2 Å². The van der Waals surface area contributed by atoms with Gasteiger partial charge in [-0.25, -0.2) is 9.97 Å². The van der Waals surface area contributed by atoms with Crippen LogP contribution in [-0.2, 0) is 12.0 Å². The van der Waals surface area contributed by atoms with Crippen LogP contribution in [0, 0.1) is 0 Å². The van der Waals surface area contributed by atoms with Gasteiger partial charge in [-0.2, -0.15) is 0 Å². The largest absolute Gasteiger partial charge is 0.486 e. The van der Waals surface area contributed by atoms with E-state index in [2.05, 4.69) is 36.8 Å². The maximum absolute atomic E-state index is 5.70. The molecule has 1 aromatic heterocycles. The lowest BCUT2D eigenvalue weighted by Crippen LogP contribution is -2.11. The fourth-order valence-corrected chi connectivity index (χ4v) is 1.68. The molecule has 2 N–H and O–H groups in total. The zero-order valence-corrected chi connectivity index (χ0v) is 11.6. The summed E-state index contributed by atoms with van der Waals surface area (Å²) in [6.45, 7) is 6.84. The zero-order chi connectivity index (χ0) is 13.9. The lowest BCUT2D eigenvalue weighted by molar-refractivity contribution is 0.295. The van der Waals surface area contributed by atoms with Crippen LogP contribution in [-0.4, -0.2) is 9.97 Å². The Labute approximate surface area is 113 Å². The SMILES string of the molecule is CC(C)(C)c1cccc(OCc2nccc(N)n2)c1. The predicted molar refractivity (Wildman–Crippen MR) is 75.9 cm³/mol. The van der Waals surface area contributed by atoms with E-state index in [0.717, 1.165) is 5.75 Å². The molecule has 0 spiro atoms. The second kappa shape index (κ2) is 5.26. The fourth-order valence-electron chi connectivity index (χ4n) is 1.68.